The second kappa shape index (κ2) is 4.99. The van der Waals surface area contributed by atoms with E-state index in [2.05, 4.69) is 10.3 Å². The van der Waals surface area contributed by atoms with E-state index in [1.54, 1.807) is 12.3 Å². The molecule has 6 nitrogen and oxygen atoms in total. The number of aliphatic hydroxyl groups is 1. The average Bonchev–Trinajstić information content (AvgIpc) is 2.62. The van der Waals surface area contributed by atoms with E-state index < -0.39 is 0 Å². The molecule has 0 bridgehead atoms. The van der Waals surface area contributed by atoms with Crippen molar-refractivity contribution in [3.05, 3.63) is 18.2 Å². The van der Waals surface area contributed by atoms with Gasteiger partial charge in [-0.05, 0) is 0 Å². The standard InChI is InChI=1S/C8H10N4O2/c9-1-2-10-8(14)4-12-3-7(5-13)11-6-12/h3,6,13H,2,4-5H2,(H,10,14). The largest absolute Gasteiger partial charge is 0.390 e. The third-order valence-corrected chi connectivity index (χ3v) is 1.54. The van der Waals surface area contributed by atoms with Crippen LogP contribution in [0.4, 0.5) is 0 Å². The molecule has 0 radical (unpaired) electrons. The van der Waals surface area contributed by atoms with Crippen LogP contribution in [0.15, 0.2) is 12.5 Å². The Labute approximate surface area is 80.8 Å². The lowest BCUT2D eigenvalue weighted by Crippen LogP contribution is -2.27. The van der Waals surface area contributed by atoms with Crippen LogP contribution in [-0.4, -0.2) is 27.1 Å². The van der Waals surface area contributed by atoms with E-state index in [4.69, 9.17) is 10.4 Å². The van der Waals surface area contributed by atoms with Gasteiger partial charge in [0.2, 0.25) is 5.91 Å². The minimum absolute atomic E-state index is 0.000385. The van der Waals surface area contributed by atoms with Gasteiger partial charge in [-0.1, -0.05) is 0 Å². The fourth-order valence-corrected chi connectivity index (χ4v) is 0.934. The minimum Gasteiger partial charge on any atom is -0.390 e. The van der Waals surface area contributed by atoms with Crippen LogP contribution in [0.25, 0.3) is 0 Å². The summed E-state index contributed by atoms with van der Waals surface area (Å²) in [7, 11) is 0. The highest BCUT2D eigenvalue weighted by Crippen LogP contribution is 1.94. The number of hydrogen-bond acceptors (Lipinski definition) is 4. The molecule has 0 atom stereocenters. The summed E-state index contributed by atoms with van der Waals surface area (Å²) < 4.78 is 1.54. The third-order valence-electron chi connectivity index (χ3n) is 1.54. The molecule has 0 saturated carbocycles. The van der Waals surface area contributed by atoms with Gasteiger partial charge in [-0.25, -0.2) is 4.98 Å². The van der Waals surface area contributed by atoms with Crippen LogP contribution in [0.3, 0.4) is 0 Å². The van der Waals surface area contributed by atoms with Crippen LogP contribution >= 0.6 is 0 Å². The van der Waals surface area contributed by atoms with Gasteiger partial charge in [-0.15, -0.1) is 0 Å². The molecule has 74 valence electrons. The number of amides is 1. The first-order chi connectivity index (χ1) is 6.76. The zero-order chi connectivity index (χ0) is 10.4. The third kappa shape index (κ3) is 2.88. The number of nitrogens with zero attached hydrogens (tertiary/aromatic N) is 3. The summed E-state index contributed by atoms with van der Waals surface area (Å²) in [6.45, 7) is -0.0398. The van der Waals surface area contributed by atoms with Gasteiger partial charge in [0.15, 0.2) is 0 Å². The molecule has 0 unspecified atom stereocenters. The number of imidazole rings is 1. The van der Waals surface area contributed by atoms with Gasteiger partial charge >= 0.3 is 0 Å². The summed E-state index contributed by atoms with van der Waals surface area (Å²) in [5, 5.41) is 19.3. The van der Waals surface area contributed by atoms with Crippen molar-refractivity contribution in [1.29, 1.82) is 5.26 Å². The Kier molecular flexibility index (Phi) is 3.64. The summed E-state index contributed by atoms with van der Waals surface area (Å²) >= 11 is 0. The molecule has 0 spiro atoms. The summed E-state index contributed by atoms with van der Waals surface area (Å²) in [6.07, 6.45) is 3.03. The van der Waals surface area contributed by atoms with Crippen molar-refractivity contribution in [1.82, 2.24) is 14.9 Å². The van der Waals surface area contributed by atoms with E-state index in [0.717, 1.165) is 0 Å². The molecule has 0 fully saturated rings. The molecule has 14 heavy (non-hydrogen) atoms. The number of carbonyl (C=O) groups excluding carboxylic acids is 1. The second-order valence-electron chi connectivity index (χ2n) is 2.63. The highest BCUT2D eigenvalue weighted by atomic mass is 16.3. The normalized spacial score (nSPS) is 9.43. The average molecular weight is 194 g/mol. The van der Waals surface area contributed by atoms with Crippen molar-refractivity contribution in [2.75, 3.05) is 6.54 Å². The molecule has 1 aromatic rings. The Balaban J connectivity index is 2.44. The van der Waals surface area contributed by atoms with Crippen LogP contribution < -0.4 is 5.32 Å². The van der Waals surface area contributed by atoms with Crippen molar-refractivity contribution in [2.45, 2.75) is 13.2 Å². The molecule has 1 amide bonds. The number of nitrogens with one attached hydrogen (secondary N) is 1. The Bertz CT molecular complexity index is 352. The minimum atomic E-state index is -0.256. The lowest BCUT2D eigenvalue weighted by atomic mass is 10.5. The zero-order valence-corrected chi connectivity index (χ0v) is 7.47. The fraction of sp³-hybridized carbons (Fsp3) is 0.375. The van der Waals surface area contributed by atoms with Crippen LogP contribution in [0.2, 0.25) is 0 Å². The molecule has 2 N–H and O–H groups in total. The van der Waals surface area contributed by atoms with Gasteiger partial charge in [0.25, 0.3) is 0 Å². The number of carbonyl (C=O) groups is 1. The first-order valence-corrected chi connectivity index (χ1v) is 4.01. The van der Waals surface area contributed by atoms with Gasteiger partial charge in [0.1, 0.15) is 13.1 Å². The van der Waals surface area contributed by atoms with E-state index in [1.807, 2.05) is 0 Å². The maximum atomic E-state index is 11.1. The van der Waals surface area contributed by atoms with Gasteiger partial charge < -0.3 is 15.0 Å². The predicted octanol–water partition coefficient (Wildman–Crippen LogP) is -0.985. The molecule has 1 rings (SSSR count). The van der Waals surface area contributed by atoms with Crippen LogP contribution in [0.1, 0.15) is 5.69 Å². The Morgan fingerprint density at radius 2 is 2.57 bits per heavy atom. The van der Waals surface area contributed by atoms with Crippen LogP contribution in [-0.2, 0) is 17.9 Å². The smallest absolute Gasteiger partial charge is 0.240 e. The molecule has 0 saturated heterocycles. The van der Waals surface area contributed by atoms with Gasteiger partial charge in [-0.2, -0.15) is 5.26 Å². The van der Waals surface area contributed by atoms with Crippen molar-refractivity contribution in [3.63, 3.8) is 0 Å². The van der Waals surface area contributed by atoms with E-state index in [1.165, 1.54) is 10.9 Å². The molecule has 0 aliphatic rings. The number of aromatic nitrogens is 2. The maximum absolute atomic E-state index is 11.1. The monoisotopic (exact) mass is 194 g/mol. The lowest BCUT2D eigenvalue weighted by molar-refractivity contribution is -0.121. The second-order valence-corrected chi connectivity index (χ2v) is 2.63. The zero-order valence-electron chi connectivity index (χ0n) is 7.47. The van der Waals surface area contributed by atoms with Gasteiger partial charge in [-0.3, -0.25) is 4.79 Å². The summed E-state index contributed by atoms with van der Waals surface area (Å²) in [5.74, 6) is -0.256. The molecule has 0 aliphatic heterocycles. The summed E-state index contributed by atoms with van der Waals surface area (Å²) in [6, 6.07) is 1.80. The Morgan fingerprint density at radius 3 is 3.14 bits per heavy atom. The Morgan fingerprint density at radius 1 is 1.79 bits per heavy atom. The number of nitriles is 1. The highest BCUT2D eigenvalue weighted by Gasteiger charge is 2.02. The first kappa shape index (κ1) is 10.2. The molecule has 1 aromatic heterocycles. The van der Waals surface area contributed by atoms with Crippen molar-refractivity contribution in [2.24, 2.45) is 0 Å². The molecular weight excluding hydrogens is 184 g/mol. The Hall–Kier alpha value is -1.87. The topological polar surface area (TPSA) is 90.9 Å². The van der Waals surface area contributed by atoms with Crippen LogP contribution in [0.5, 0.6) is 0 Å². The molecule has 6 heteroatoms. The molecule has 1 heterocycles. The fourth-order valence-electron chi connectivity index (χ4n) is 0.934. The molecule has 0 aromatic carbocycles. The van der Waals surface area contributed by atoms with E-state index >= 15 is 0 Å². The highest BCUT2D eigenvalue weighted by molar-refractivity contribution is 5.75. The lowest BCUT2D eigenvalue weighted by Gasteiger charge is -2.00. The quantitative estimate of drug-likeness (QED) is 0.602. The van der Waals surface area contributed by atoms with E-state index in [-0.39, 0.29) is 25.6 Å². The predicted molar refractivity (Wildman–Crippen MR) is 46.8 cm³/mol. The molecule has 0 aliphatic carbocycles. The number of hydrogen-bond donors (Lipinski definition) is 2. The first-order valence-electron chi connectivity index (χ1n) is 4.01. The molecular formula is C8H10N4O2. The van der Waals surface area contributed by atoms with Crippen molar-refractivity contribution in [3.8, 4) is 6.07 Å². The number of aliphatic hydroxyl groups excluding tert-OH is 1. The SMILES string of the molecule is N#CCNC(=O)Cn1cnc(CO)c1. The van der Waals surface area contributed by atoms with Gasteiger partial charge in [0, 0.05) is 6.20 Å². The van der Waals surface area contributed by atoms with Crippen molar-refractivity contribution >= 4 is 5.91 Å². The summed E-state index contributed by atoms with van der Waals surface area (Å²) in [5.41, 5.74) is 0.512. The van der Waals surface area contributed by atoms with E-state index in [9.17, 15) is 4.79 Å². The van der Waals surface area contributed by atoms with E-state index in [0.29, 0.717) is 5.69 Å². The maximum Gasteiger partial charge on any atom is 0.240 e. The summed E-state index contributed by atoms with van der Waals surface area (Å²) in [4.78, 5) is 14.9. The van der Waals surface area contributed by atoms with Crippen LogP contribution in [0, 0.1) is 11.3 Å². The van der Waals surface area contributed by atoms with Crippen molar-refractivity contribution < 1.29 is 9.90 Å². The number of rotatable bonds is 4. The van der Waals surface area contributed by atoms with Gasteiger partial charge in [0.05, 0.1) is 24.7 Å².